The molecule has 1 aromatic carbocycles. The molecule has 0 aromatic heterocycles. The minimum atomic E-state index is -3.42. The van der Waals surface area contributed by atoms with Gasteiger partial charge in [-0.15, -0.1) is 0 Å². The summed E-state index contributed by atoms with van der Waals surface area (Å²) in [7, 11) is -3.42. The molecule has 0 amide bonds. The Morgan fingerprint density at radius 3 is 2.60 bits per heavy atom. The Hall–Kier alpha value is -1.10. The van der Waals surface area contributed by atoms with E-state index in [4.69, 9.17) is 0 Å². The van der Waals surface area contributed by atoms with Crippen LogP contribution in [0, 0.1) is 12.7 Å². The van der Waals surface area contributed by atoms with Crippen LogP contribution < -0.4 is 4.72 Å². The fraction of sp³-hybridized carbons (Fsp3) is 0.400. The number of benzene rings is 1. The van der Waals surface area contributed by atoms with Crippen LogP contribution in [0.3, 0.4) is 0 Å². The standard InChI is InChI=1S/C10H14FNO2S/c1-3-7-15(13,14)12-10-8(2)5-4-6-9(10)11/h4-6,12H,3,7H2,1-2H3. The molecule has 1 N–H and O–H groups in total. The van der Waals surface area contributed by atoms with Crippen LogP contribution in [-0.4, -0.2) is 14.2 Å². The van der Waals surface area contributed by atoms with E-state index in [0.29, 0.717) is 12.0 Å². The second-order valence-electron chi connectivity index (χ2n) is 3.35. The molecule has 0 atom stereocenters. The van der Waals surface area contributed by atoms with Gasteiger partial charge in [-0.25, -0.2) is 12.8 Å². The number of rotatable bonds is 4. The van der Waals surface area contributed by atoms with Crippen molar-refractivity contribution in [3.05, 3.63) is 29.6 Å². The van der Waals surface area contributed by atoms with Crippen molar-refractivity contribution >= 4 is 15.7 Å². The maximum absolute atomic E-state index is 13.3. The van der Waals surface area contributed by atoms with Gasteiger partial charge in [0.2, 0.25) is 10.0 Å². The van der Waals surface area contributed by atoms with Crippen molar-refractivity contribution in [2.24, 2.45) is 0 Å². The number of halogens is 1. The van der Waals surface area contributed by atoms with Gasteiger partial charge in [0.25, 0.3) is 0 Å². The molecule has 0 heterocycles. The van der Waals surface area contributed by atoms with E-state index in [9.17, 15) is 12.8 Å². The van der Waals surface area contributed by atoms with Crippen molar-refractivity contribution < 1.29 is 12.8 Å². The van der Waals surface area contributed by atoms with Gasteiger partial charge in [0.15, 0.2) is 0 Å². The fourth-order valence-electron chi connectivity index (χ4n) is 1.24. The van der Waals surface area contributed by atoms with E-state index >= 15 is 0 Å². The lowest BCUT2D eigenvalue weighted by molar-refractivity contribution is 0.597. The van der Waals surface area contributed by atoms with Gasteiger partial charge >= 0.3 is 0 Å². The molecule has 5 heteroatoms. The smallest absolute Gasteiger partial charge is 0.232 e. The largest absolute Gasteiger partial charge is 0.280 e. The molecule has 1 rings (SSSR count). The van der Waals surface area contributed by atoms with E-state index in [1.54, 1.807) is 26.0 Å². The summed E-state index contributed by atoms with van der Waals surface area (Å²) in [6.07, 6.45) is 0.503. The van der Waals surface area contributed by atoms with Gasteiger partial charge in [0, 0.05) is 0 Å². The minimum Gasteiger partial charge on any atom is -0.280 e. The number of sulfonamides is 1. The predicted molar refractivity (Wildman–Crippen MR) is 58.8 cm³/mol. The average Bonchev–Trinajstić information content (AvgIpc) is 2.11. The first-order chi connectivity index (χ1) is 6.96. The van der Waals surface area contributed by atoms with Gasteiger partial charge in [-0.1, -0.05) is 19.1 Å². The van der Waals surface area contributed by atoms with E-state index in [-0.39, 0.29) is 11.4 Å². The third-order valence-corrected chi connectivity index (χ3v) is 3.41. The second kappa shape index (κ2) is 4.61. The summed E-state index contributed by atoms with van der Waals surface area (Å²) in [6, 6.07) is 4.44. The highest BCUT2D eigenvalue weighted by Gasteiger charge is 2.13. The Balaban J connectivity index is 2.99. The number of hydrogen-bond acceptors (Lipinski definition) is 2. The minimum absolute atomic E-state index is 0.000768. The van der Waals surface area contributed by atoms with Crippen LogP contribution >= 0.6 is 0 Å². The Morgan fingerprint density at radius 1 is 1.40 bits per heavy atom. The molecule has 0 aliphatic carbocycles. The Morgan fingerprint density at radius 2 is 2.07 bits per heavy atom. The van der Waals surface area contributed by atoms with Crippen LogP contribution in [0.25, 0.3) is 0 Å². The summed E-state index contributed by atoms with van der Waals surface area (Å²) < 4.78 is 38.4. The summed E-state index contributed by atoms with van der Waals surface area (Å²) in [6.45, 7) is 3.42. The number of aryl methyl sites for hydroxylation is 1. The molecule has 84 valence electrons. The van der Waals surface area contributed by atoms with Crippen LogP contribution in [0.2, 0.25) is 0 Å². The normalized spacial score (nSPS) is 11.4. The summed E-state index contributed by atoms with van der Waals surface area (Å²) >= 11 is 0. The first kappa shape index (κ1) is 12.0. The highest BCUT2D eigenvalue weighted by molar-refractivity contribution is 7.92. The highest BCUT2D eigenvalue weighted by Crippen LogP contribution is 2.20. The third kappa shape index (κ3) is 3.20. The molecule has 3 nitrogen and oxygen atoms in total. The van der Waals surface area contributed by atoms with Gasteiger partial charge in [0.05, 0.1) is 11.4 Å². The Kier molecular flexibility index (Phi) is 3.68. The first-order valence-corrected chi connectivity index (χ1v) is 6.37. The molecule has 0 saturated heterocycles. The van der Waals surface area contributed by atoms with E-state index < -0.39 is 15.8 Å². The van der Waals surface area contributed by atoms with Gasteiger partial charge in [-0.05, 0) is 25.0 Å². The lowest BCUT2D eigenvalue weighted by atomic mass is 10.2. The molecular weight excluding hydrogens is 217 g/mol. The van der Waals surface area contributed by atoms with E-state index in [2.05, 4.69) is 4.72 Å². The number of nitrogens with one attached hydrogen (secondary N) is 1. The zero-order chi connectivity index (χ0) is 11.5. The molecule has 0 bridgehead atoms. The Bertz CT molecular complexity index is 422. The van der Waals surface area contributed by atoms with Crippen molar-refractivity contribution in [1.29, 1.82) is 0 Å². The number of hydrogen-bond donors (Lipinski definition) is 1. The molecule has 0 fully saturated rings. The summed E-state index contributed by atoms with van der Waals surface area (Å²) in [5.74, 6) is -0.546. The first-order valence-electron chi connectivity index (χ1n) is 4.72. The van der Waals surface area contributed by atoms with E-state index in [1.165, 1.54) is 6.07 Å². The van der Waals surface area contributed by atoms with E-state index in [0.717, 1.165) is 0 Å². The molecule has 1 aromatic rings. The molecule has 15 heavy (non-hydrogen) atoms. The monoisotopic (exact) mass is 231 g/mol. The quantitative estimate of drug-likeness (QED) is 0.864. The van der Waals surface area contributed by atoms with Gasteiger partial charge in [-0.3, -0.25) is 4.72 Å². The van der Waals surface area contributed by atoms with Gasteiger partial charge in [-0.2, -0.15) is 0 Å². The van der Waals surface area contributed by atoms with Crippen LogP contribution in [-0.2, 0) is 10.0 Å². The van der Waals surface area contributed by atoms with Crippen LogP contribution in [0.15, 0.2) is 18.2 Å². The molecule has 0 unspecified atom stereocenters. The summed E-state index contributed by atoms with van der Waals surface area (Å²) in [4.78, 5) is 0. The van der Waals surface area contributed by atoms with Crippen molar-refractivity contribution in [2.45, 2.75) is 20.3 Å². The van der Waals surface area contributed by atoms with Gasteiger partial charge in [0.1, 0.15) is 5.82 Å². The van der Waals surface area contributed by atoms with Gasteiger partial charge < -0.3 is 0 Å². The summed E-state index contributed by atoms with van der Waals surface area (Å²) in [5.41, 5.74) is 0.626. The molecular formula is C10H14FNO2S. The molecule has 0 aliphatic rings. The average molecular weight is 231 g/mol. The maximum atomic E-state index is 13.3. The molecule has 0 spiro atoms. The lowest BCUT2D eigenvalue weighted by Crippen LogP contribution is -2.17. The number of anilines is 1. The van der Waals surface area contributed by atoms with Crippen LogP contribution in [0.1, 0.15) is 18.9 Å². The molecule has 0 radical (unpaired) electrons. The van der Waals surface area contributed by atoms with Crippen molar-refractivity contribution in [2.75, 3.05) is 10.5 Å². The highest BCUT2D eigenvalue weighted by atomic mass is 32.2. The number of para-hydroxylation sites is 1. The fourth-order valence-corrected chi connectivity index (χ4v) is 2.45. The van der Waals surface area contributed by atoms with Crippen LogP contribution in [0.4, 0.5) is 10.1 Å². The maximum Gasteiger partial charge on any atom is 0.232 e. The second-order valence-corrected chi connectivity index (χ2v) is 5.19. The van der Waals surface area contributed by atoms with Crippen molar-refractivity contribution in [3.8, 4) is 0 Å². The Labute approximate surface area is 89.4 Å². The van der Waals surface area contributed by atoms with Crippen molar-refractivity contribution in [1.82, 2.24) is 0 Å². The topological polar surface area (TPSA) is 46.2 Å². The van der Waals surface area contributed by atoms with Crippen LogP contribution in [0.5, 0.6) is 0 Å². The predicted octanol–water partition coefficient (Wildman–Crippen LogP) is 2.29. The molecule has 0 aliphatic heterocycles. The molecule has 0 saturated carbocycles. The SMILES string of the molecule is CCCS(=O)(=O)Nc1c(C)cccc1F. The third-order valence-electron chi connectivity index (χ3n) is 1.95. The van der Waals surface area contributed by atoms with E-state index in [1.807, 2.05) is 0 Å². The zero-order valence-electron chi connectivity index (χ0n) is 8.75. The lowest BCUT2D eigenvalue weighted by Gasteiger charge is -2.10. The summed E-state index contributed by atoms with van der Waals surface area (Å²) in [5, 5.41) is 0. The van der Waals surface area contributed by atoms with Crippen molar-refractivity contribution in [3.63, 3.8) is 0 Å². The zero-order valence-corrected chi connectivity index (χ0v) is 9.57.